The van der Waals surface area contributed by atoms with Crippen LogP contribution in [-0.4, -0.2) is 25.0 Å². The van der Waals surface area contributed by atoms with Crippen molar-refractivity contribution < 1.29 is 14.3 Å². The maximum absolute atomic E-state index is 12.3. The van der Waals surface area contributed by atoms with Gasteiger partial charge in [-0.15, -0.1) is 0 Å². The third-order valence-corrected chi connectivity index (χ3v) is 4.35. The van der Waals surface area contributed by atoms with Gasteiger partial charge in [0, 0.05) is 0 Å². The van der Waals surface area contributed by atoms with Crippen LogP contribution >= 0.6 is 0 Å². The van der Waals surface area contributed by atoms with Gasteiger partial charge in [-0.2, -0.15) is 0 Å². The molecule has 25 heavy (non-hydrogen) atoms. The summed E-state index contributed by atoms with van der Waals surface area (Å²) in [5.74, 6) is -0.524. The van der Waals surface area contributed by atoms with Crippen LogP contribution in [-0.2, 0) is 20.7 Å². The Morgan fingerprint density at radius 2 is 1.80 bits per heavy atom. The molecule has 0 aliphatic heterocycles. The molecule has 0 saturated carbocycles. The van der Waals surface area contributed by atoms with Crippen molar-refractivity contribution in [3.63, 3.8) is 0 Å². The molecule has 0 heterocycles. The van der Waals surface area contributed by atoms with E-state index < -0.39 is 6.04 Å². The van der Waals surface area contributed by atoms with Crippen molar-refractivity contribution >= 4 is 22.6 Å². The van der Waals surface area contributed by atoms with Gasteiger partial charge in [-0.3, -0.25) is 4.79 Å². The van der Waals surface area contributed by atoms with E-state index in [9.17, 15) is 9.59 Å². The highest BCUT2D eigenvalue weighted by Crippen LogP contribution is 2.16. The summed E-state index contributed by atoms with van der Waals surface area (Å²) in [4.78, 5) is 24.3. The third kappa shape index (κ3) is 5.89. The number of rotatable bonds is 9. The summed E-state index contributed by atoms with van der Waals surface area (Å²) in [5.41, 5.74) is 0.936. The zero-order valence-corrected chi connectivity index (χ0v) is 15.1. The summed E-state index contributed by atoms with van der Waals surface area (Å²) in [6, 6.07) is 13.5. The first-order valence-corrected chi connectivity index (χ1v) is 8.99. The van der Waals surface area contributed by atoms with Crippen molar-refractivity contribution in [2.24, 2.45) is 0 Å². The first-order valence-electron chi connectivity index (χ1n) is 8.99. The molecule has 1 N–H and O–H groups in total. The molecule has 4 heteroatoms. The molecule has 1 amide bonds. The Kier molecular flexibility index (Phi) is 7.45. The maximum atomic E-state index is 12.3. The van der Waals surface area contributed by atoms with Gasteiger partial charge in [-0.25, -0.2) is 4.79 Å². The van der Waals surface area contributed by atoms with Crippen LogP contribution in [0.2, 0.25) is 0 Å². The number of carbonyl (C=O) groups excluding carboxylic acids is 2. The van der Waals surface area contributed by atoms with E-state index in [4.69, 9.17) is 4.74 Å². The van der Waals surface area contributed by atoms with Crippen LogP contribution in [0.5, 0.6) is 0 Å². The molecule has 0 unspecified atom stereocenters. The Balaban J connectivity index is 1.95. The molecule has 2 aromatic rings. The molecule has 0 saturated heterocycles. The fourth-order valence-electron chi connectivity index (χ4n) is 2.95. The quantitative estimate of drug-likeness (QED) is 0.554. The minimum atomic E-state index is -0.560. The van der Waals surface area contributed by atoms with E-state index in [1.54, 1.807) is 0 Å². The Hall–Kier alpha value is -2.36. The molecule has 134 valence electrons. The van der Waals surface area contributed by atoms with Crippen LogP contribution in [0.15, 0.2) is 42.5 Å². The van der Waals surface area contributed by atoms with Crippen LogP contribution in [0, 0.1) is 0 Å². The summed E-state index contributed by atoms with van der Waals surface area (Å²) in [6.45, 7) is 2.14. The predicted molar refractivity (Wildman–Crippen MR) is 100 cm³/mol. The van der Waals surface area contributed by atoms with Crippen LogP contribution < -0.4 is 5.32 Å². The number of hydrogen-bond acceptors (Lipinski definition) is 3. The van der Waals surface area contributed by atoms with Crippen LogP contribution in [0.3, 0.4) is 0 Å². The number of benzene rings is 2. The van der Waals surface area contributed by atoms with E-state index in [0.717, 1.165) is 42.0 Å². The lowest BCUT2D eigenvalue weighted by molar-refractivity contribution is -0.145. The zero-order valence-electron chi connectivity index (χ0n) is 15.1. The highest BCUT2D eigenvalue weighted by molar-refractivity contribution is 5.87. The smallest absolute Gasteiger partial charge is 0.328 e. The van der Waals surface area contributed by atoms with Gasteiger partial charge in [0.25, 0.3) is 0 Å². The van der Waals surface area contributed by atoms with E-state index in [1.807, 2.05) is 42.5 Å². The standard InChI is InChI=1S/C21H27NO3/c1-3-4-5-6-11-19(21(24)25-2)22-20(23)15-16-12-13-17-9-7-8-10-18(17)14-16/h7-10,12-14,19H,3-6,11,15H2,1-2H3,(H,22,23)/t19-/m0/s1. The number of esters is 1. The maximum Gasteiger partial charge on any atom is 0.328 e. The lowest BCUT2D eigenvalue weighted by Gasteiger charge is -2.16. The lowest BCUT2D eigenvalue weighted by Crippen LogP contribution is -2.42. The molecule has 0 aromatic heterocycles. The minimum absolute atomic E-state index is 0.152. The normalized spacial score (nSPS) is 11.9. The molecule has 1 atom stereocenters. The van der Waals surface area contributed by atoms with Gasteiger partial charge in [0.05, 0.1) is 13.5 Å². The number of carbonyl (C=O) groups is 2. The molecule has 0 bridgehead atoms. The Morgan fingerprint density at radius 3 is 2.52 bits per heavy atom. The number of nitrogens with one attached hydrogen (secondary N) is 1. The molecule has 0 aliphatic carbocycles. The Morgan fingerprint density at radius 1 is 1.04 bits per heavy atom. The number of ether oxygens (including phenoxy) is 1. The molecular formula is C21H27NO3. The van der Waals surface area contributed by atoms with Crippen molar-refractivity contribution in [1.29, 1.82) is 0 Å². The molecule has 4 nitrogen and oxygen atoms in total. The minimum Gasteiger partial charge on any atom is -0.467 e. The summed E-state index contributed by atoms with van der Waals surface area (Å²) in [7, 11) is 1.36. The van der Waals surface area contributed by atoms with E-state index in [0.29, 0.717) is 6.42 Å². The molecule has 2 rings (SSSR count). The fourth-order valence-corrected chi connectivity index (χ4v) is 2.95. The summed E-state index contributed by atoms with van der Waals surface area (Å²) in [5, 5.41) is 5.08. The summed E-state index contributed by atoms with van der Waals surface area (Å²) in [6.07, 6.45) is 5.12. The molecular weight excluding hydrogens is 314 g/mol. The second-order valence-corrected chi connectivity index (χ2v) is 6.35. The molecule has 0 aliphatic rings. The first kappa shape index (κ1) is 19.0. The van der Waals surface area contributed by atoms with E-state index >= 15 is 0 Å². The van der Waals surface area contributed by atoms with Gasteiger partial charge in [-0.1, -0.05) is 75.1 Å². The van der Waals surface area contributed by atoms with Gasteiger partial charge >= 0.3 is 5.97 Å². The number of fused-ring (bicyclic) bond motifs is 1. The van der Waals surface area contributed by atoms with Crippen molar-refractivity contribution in [3.05, 3.63) is 48.0 Å². The monoisotopic (exact) mass is 341 g/mol. The van der Waals surface area contributed by atoms with Gasteiger partial charge < -0.3 is 10.1 Å². The molecule has 0 radical (unpaired) electrons. The SMILES string of the molecule is CCCCCC[C@H](NC(=O)Cc1ccc2ccccc2c1)C(=O)OC. The van der Waals surface area contributed by atoms with E-state index in [1.165, 1.54) is 7.11 Å². The second-order valence-electron chi connectivity index (χ2n) is 6.35. The number of methoxy groups -OCH3 is 1. The lowest BCUT2D eigenvalue weighted by atomic mass is 10.0. The van der Waals surface area contributed by atoms with E-state index in [-0.39, 0.29) is 18.3 Å². The van der Waals surface area contributed by atoms with Gasteiger partial charge in [0.1, 0.15) is 6.04 Å². The summed E-state index contributed by atoms with van der Waals surface area (Å²) >= 11 is 0. The second kappa shape index (κ2) is 9.82. The van der Waals surface area contributed by atoms with Gasteiger partial charge in [0.2, 0.25) is 5.91 Å². The number of hydrogen-bond donors (Lipinski definition) is 1. The van der Waals surface area contributed by atoms with Crippen LogP contribution in [0.25, 0.3) is 10.8 Å². The van der Waals surface area contributed by atoms with Crippen molar-refractivity contribution in [1.82, 2.24) is 5.32 Å². The number of amides is 1. The molecule has 2 aromatic carbocycles. The summed E-state index contributed by atoms with van der Waals surface area (Å²) < 4.78 is 4.82. The van der Waals surface area contributed by atoms with E-state index in [2.05, 4.69) is 12.2 Å². The Labute approximate surface area is 149 Å². The average Bonchev–Trinajstić information content (AvgIpc) is 2.63. The topological polar surface area (TPSA) is 55.4 Å². The average molecular weight is 341 g/mol. The fraction of sp³-hybridized carbons (Fsp3) is 0.429. The molecule has 0 fully saturated rings. The van der Waals surface area contributed by atoms with Crippen LogP contribution in [0.1, 0.15) is 44.6 Å². The van der Waals surface area contributed by atoms with Crippen molar-refractivity contribution in [2.45, 2.75) is 51.5 Å². The van der Waals surface area contributed by atoms with Gasteiger partial charge in [0.15, 0.2) is 0 Å². The number of unbranched alkanes of at least 4 members (excludes halogenated alkanes) is 3. The first-order chi connectivity index (χ1) is 12.1. The Bertz CT molecular complexity index is 711. The van der Waals surface area contributed by atoms with Gasteiger partial charge in [-0.05, 0) is 22.8 Å². The highest BCUT2D eigenvalue weighted by Gasteiger charge is 2.21. The molecule has 0 spiro atoms. The zero-order chi connectivity index (χ0) is 18.1. The predicted octanol–water partition coefficient (Wildman–Crippen LogP) is 4.01. The van der Waals surface area contributed by atoms with Crippen LogP contribution in [0.4, 0.5) is 0 Å². The highest BCUT2D eigenvalue weighted by atomic mass is 16.5. The van der Waals surface area contributed by atoms with Crippen molar-refractivity contribution in [2.75, 3.05) is 7.11 Å². The van der Waals surface area contributed by atoms with Crippen molar-refractivity contribution in [3.8, 4) is 0 Å². The largest absolute Gasteiger partial charge is 0.467 e. The third-order valence-electron chi connectivity index (χ3n) is 4.35.